The molecule has 4 rings (SSSR count). The molecule has 1 aliphatic heterocycles. The van der Waals surface area contributed by atoms with Crippen molar-refractivity contribution in [3.8, 4) is 11.5 Å². The van der Waals surface area contributed by atoms with Crippen LogP contribution >= 0.6 is 11.3 Å². The summed E-state index contributed by atoms with van der Waals surface area (Å²) in [7, 11) is 3.31. The number of benzene rings is 1. The van der Waals surface area contributed by atoms with E-state index in [9.17, 15) is 0 Å². The summed E-state index contributed by atoms with van der Waals surface area (Å²) in [5.74, 6) is 1.43. The van der Waals surface area contributed by atoms with Gasteiger partial charge in [-0.25, -0.2) is 0 Å². The molecule has 0 aliphatic carbocycles. The first-order valence-electron chi connectivity index (χ1n) is 8.52. The fraction of sp³-hybridized carbons (Fsp3) is 0.300. The van der Waals surface area contributed by atoms with Gasteiger partial charge in [-0.05, 0) is 31.4 Å². The number of rotatable bonds is 4. The summed E-state index contributed by atoms with van der Waals surface area (Å²) in [5, 5.41) is 3.36. The SMILES string of the molecule is COc1cc2c(cc1OC)N(C(C)c1cncc3sccc13)C(C)N=C2. The molecule has 1 aliphatic rings. The fourth-order valence-electron chi connectivity index (χ4n) is 3.60. The second-order valence-corrected chi connectivity index (χ2v) is 7.27. The average Bonchev–Trinajstić information content (AvgIpc) is 3.15. The van der Waals surface area contributed by atoms with Crippen LogP contribution in [0.25, 0.3) is 10.1 Å². The minimum Gasteiger partial charge on any atom is -0.493 e. The lowest BCUT2D eigenvalue weighted by molar-refractivity contribution is 0.354. The fourth-order valence-corrected chi connectivity index (χ4v) is 4.39. The van der Waals surface area contributed by atoms with Gasteiger partial charge in [0.15, 0.2) is 11.5 Å². The van der Waals surface area contributed by atoms with Gasteiger partial charge in [-0.3, -0.25) is 9.98 Å². The number of pyridine rings is 1. The number of nitrogens with zero attached hydrogens (tertiary/aromatic N) is 3. The Morgan fingerprint density at radius 2 is 1.92 bits per heavy atom. The highest BCUT2D eigenvalue weighted by Gasteiger charge is 2.28. The molecule has 0 radical (unpaired) electrons. The van der Waals surface area contributed by atoms with Crippen LogP contribution in [0.3, 0.4) is 0 Å². The van der Waals surface area contributed by atoms with Crippen molar-refractivity contribution < 1.29 is 9.47 Å². The Labute approximate surface area is 156 Å². The molecule has 2 unspecified atom stereocenters. The van der Waals surface area contributed by atoms with Gasteiger partial charge < -0.3 is 14.4 Å². The maximum Gasteiger partial charge on any atom is 0.162 e. The van der Waals surface area contributed by atoms with Crippen molar-refractivity contribution in [1.82, 2.24) is 4.98 Å². The van der Waals surface area contributed by atoms with Crippen LogP contribution in [0.5, 0.6) is 11.5 Å². The maximum atomic E-state index is 5.52. The van der Waals surface area contributed by atoms with Gasteiger partial charge in [0, 0.05) is 41.2 Å². The van der Waals surface area contributed by atoms with Crippen molar-refractivity contribution in [2.45, 2.75) is 26.1 Å². The van der Waals surface area contributed by atoms with Crippen LogP contribution in [0.4, 0.5) is 5.69 Å². The summed E-state index contributed by atoms with van der Waals surface area (Å²) in [6, 6.07) is 6.30. The highest BCUT2D eigenvalue weighted by molar-refractivity contribution is 7.17. The number of thiophene rings is 1. The minimum absolute atomic E-state index is 0.0180. The van der Waals surface area contributed by atoms with E-state index in [0.717, 1.165) is 17.0 Å². The second-order valence-electron chi connectivity index (χ2n) is 6.32. The predicted octanol–water partition coefficient (Wildman–Crippen LogP) is 4.66. The van der Waals surface area contributed by atoms with Crippen molar-refractivity contribution in [1.29, 1.82) is 0 Å². The number of ether oxygens (including phenoxy) is 2. The van der Waals surface area contributed by atoms with Gasteiger partial charge in [0.25, 0.3) is 0 Å². The Hall–Kier alpha value is -2.60. The number of aromatic nitrogens is 1. The van der Waals surface area contributed by atoms with E-state index in [1.54, 1.807) is 25.6 Å². The molecule has 5 nitrogen and oxygen atoms in total. The molecule has 2 atom stereocenters. The zero-order chi connectivity index (χ0) is 18.3. The first-order valence-corrected chi connectivity index (χ1v) is 9.40. The van der Waals surface area contributed by atoms with E-state index in [1.807, 2.05) is 30.7 Å². The summed E-state index contributed by atoms with van der Waals surface area (Å²) >= 11 is 1.72. The molecule has 0 N–H and O–H groups in total. The molecular weight excluding hydrogens is 346 g/mol. The van der Waals surface area contributed by atoms with Crippen molar-refractivity contribution in [2.24, 2.45) is 4.99 Å². The summed E-state index contributed by atoms with van der Waals surface area (Å²) in [4.78, 5) is 11.4. The Morgan fingerprint density at radius 3 is 2.69 bits per heavy atom. The number of methoxy groups -OCH3 is 2. The van der Waals surface area contributed by atoms with Crippen LogP contribution < -0.4 is 14.4 Å². The first-order chi connectivity index (χ1) is 12.6. The van der Waals surface area contributed by atoms with E-state index >= 15 is 0 Å². The zero-order valence-corrected chi connectivity index (χ0v) is 16.1. The van der Waals surface area contributed by atoms with Gasteiger partial charge in [-0.1, -0.05) is 0 Å². The molecule has 0 saturated carbocycles. The highest BCUT2D eigenvalue weighted by atomic mass is 32.1. The van der Waals surface area contributed by atoms with E-state index in [4.69, 9.17) is 9.47 Å². The van der Waals surface area contributed by atoms with Gasteiger partial charge in [0.2, 0.25) is 0 Å². The number of fused-ring (bicyclic) bond motifs is 2. The topological polar surface area (TPSA) is 47.0 Å². The highest BCUT2D eigenvalue weighted by Crippen LogP contribution is 2.41. The largest absolute Gasteiger partial charge is 0.493 e. The maximum absolute atomic E-state index is 5.52. The monoisotopic (exact) mass is 367 g/mol. The molecule has 0 amide bonds. The molecule has 3 heterocycles. The van der Waals surface area contributed by atoms with Gasteiger partial charge in [0.1, 0.15) is 6.17 Å². The van der Waals surface area contributed by atoms with Gasteiger partial charge in [-0.2, -0.15) is 0 Å². The zero-order valence-electron chi connectivity index (χ0n) is 15.3. The molecular formula is C20H21N3O2S. The lowest BCUT2D eigenvalue weighted by Crippen LogP contribution is -2.37. The molecule has 0 spiro atoms. The number of anilines is 1. The standard InChI is InChI=1S/C20H21N3O2S/c1-12(16-10-21-11-20-15(16)5-6-26-20)23-13(2)22-9-14-7-18(24-3)19(25-4)8-17(14)23/h5-13H,1-4H3. The molecule has 6 heteroatoms. The first kappa shape index (κ1) is 16.8. The lowest BCUT2D eigenvalue weighted by atomic mass is 10.0. The molecule has 0 fully saturated rings. The second kappa shape index (κ2) is 6.61. The van der Waals surface area contributed by atoms with Crippen molar-refractivity contribution in [3.63, 3.8) is 0 Å². The van der Waals surface area contributed by atoms with Crippen LogP contribution in [0.15, 0.2) is 41.0 Å². The van der Waals surface area contributed by atoms with Crippen LogP contribution in [0, 0.1) is 0 Å². The van der Waals surface area contributed by atoms with Crippen LogP contribution in [0.1, 0.15) is 31.0 Å². The van der Waals surface area contributed by atoms with Gasteiger partial charge in [-0.15, -0.1) is 11.3 Å². The third-order valence-corrected chi connectivity index (χ3v) is 5.77. The number of hydrogen-bond donors (Lipinski definition) is 0. The predicted molar refractivity (Wildman–Crippen MR) is 107 cm³/mol. The normalized spacial score (nSPS) is 17.2. The quantitative estimate of drug-likeness (QED) is 0.673. The van der Waals surface area contributed by atoms with Gasteiger partial charge >= 0.3 is 0 Å². The third-order valence-electron chi connectivity index (χ3n) is 4.92. The van der Waals surface area contributed by atoms with E-state index in [0.29, 0.717) is 5.75 Å². The van der Waals surface area contributed by atoms with E-state index in [1.165, 1.54) is 15.6 Å². The molecule has 3 aromatic rings. The van der Waals surface area contributed by atoms with Crippen molar-refractivity contribution >= 4 is 33.3 Å². The smallest absolute Gasteiger partial charge is 0.162 e. The lowest BCUT2D eigenvalue weighted by Gasteiger charge is -2.38. The molecule has 2 aromatic heterocycles. The van der Waals surface area contributed by atoms with E-state index in [-0.39, 0.29) is 12.2 Å². The summed E-state index contributed by atoms with van der Waals surface area (Å²) < 4.78 is 12.2. The molecule has 134 valence electrons. The number of aliphatic imine (C=N–C) groups is 1. The molecule has 1 aromatic carbocycles. The van der Waals surface area contributed by atoms with Crippen molar-refractivity contribution in [3.05, 3.63) is 47.1 Å². The van der Waals surface area contributed by atoms with Crippen LogP contribution in [0.2, 0.25) is 0 Å². The minimum atomic E-state index is 0.0180. The average molecular weight is 367 g/mol. The Morgan fingerprint density at radius 1 is 1.15 bits per heavy atom. The molecule has 0 saturated heterocycles. The van der Waals surface area contributed by atoms with E-state index in [2.05, 4.69) is 40.2 Å². The van der Waals surface area contributed by atoms with Gasteiger partial charge in [0.05, 0.1) is 30.6 Å². The van der Waals surface area contributed by atoms with Crippen molar-refractivity contribution in [2.75, 3.05) is 19.1 Å². The third kappa shape index (κ3) is 2.61. The Bertz CT molecular complexity index is 982. The molecule has 26 heavy (non-hydrogen) atoms. The Balaban J connectivity index is 1.84. The number of hydrogen-bond acceptors (Lipinski definition) is 6. The Kier molecular flexibility index (Phi) is 4.28. The molecule has 0 bridgehead atoms. The van der Waals surface area contributed by atoms with E-state index < -0.39 is 0 Å². The van der Waals surface area contributed by atoms with Crippen LogP contribution in [-0.2, 0) is 0 Å². The summed E-state index contributed by atoms with van der Waals surface area (Å²) in [6.45, 7) is 4.31. The summed E-state index contributed by atoms with van der Waals surface area (Å²) in [6.07, 6.45) is 5.82. The van der Waals surface area contributed by atoms with Crippen LogP contribution in [-0.4, -0.2) is 31.6 Å². The summed E-state index contributed by atoms with van der Waals surface area (Å²) in [5.41, 5.74) is 3.32.